The van der Waals surface area contributed by atoms with Crippen LogP contribution in [0.1, 0.15) is 18.4 Å². The number of sulfonamides is 1. The highest BCUT2D eigenvalue weighted by Crippen LogP contribution is 2.42. The summed E-state index contributed by atoms with van der Waals surface area (Å²) in [7, 11) is -3.40. The first-order valence-corrected chi connectivity index (χ1v) is 9.82. The molecule has 10 heteroatoms. The molecule has 0 amide bonds. The lowest BCUT2D eigenvalue weighted by molar-refractivity contribution is -0.0804. The van der Waals surface area contributed by atoms with Crippen molar-refractivity contribution < 1.29 is 26.3 Å². The van der Waals surface area contributed by atoms with E-state index in [0.717, 1.165) is 12.0 Å². The molecule has 6 nitrogen and oxygen atoms in total. The van der Waals surface area contributed by atoms with Crippen LogP contribution in [-0.2, 0) is 21.4 Å². The Bertz CT molecular complexity index is 721. The zero-order valence-corrected chi connectivity index (χ0v) is 15.3. The maximum absolute atomic E-state index is 12.7. The summed E-state index contributed by atoms with van der Waals surface area (Å²) in [5.74, 6) is 0.198. The van der Waals surface area contributed by atoms with Crippen molar-refractivity contribution in [2.45, 2.75) is 30.5 Å². The number of nitrogens with zero attached hydrogens (tertiary/aromatic N) is 3. The molecule has 146 valence electrons. The molecule has 2 fully saturated rings. The molecule has 0 saturated carbocycles. The number of aromatic nitrogens is 1. The summed E-state index contributed by atoms with van der Waals surface area (Å²) in [5.41, 5.74) is -4.76. The van der Waals surface area contributed by atoms with E-state index in [1.807, 2.05) is 24.1 Å². The monoisotopic (exact) mass is 393 g/mol. The van der Waals surface area contributed by atoms with Gasteiger partial charge in [-0.25, -0.2) is 8.42 Å². The molecule has 0 aromatic carbocycles. The second-order valence-corrected chi connectivity index (χ2v) is 9.02. The minimum Gasteiger partial charge on any atom is -0.376 e. The van der Waals surface area contributed by atoms with E-state index in [0.29, 0.717) is 30.5 Å². The Kier molecular flexibility index (Phi) is 5.31. The van der Waals surface area contributed by atoms with Gasteiger partial charge < -0.3 is 4.74 Å². The third kappa shape index (κ3) is 3.73. The molecular formula is C16H22F3N3O3S. The average molecular weight is 393 g/mol. The van der Waals surface area contributed by atoms with Gasteiger partial charge >= 0.3 is 15.5 Å². The summed E-state index contributed by atoms with van der Waals surface area (Å²) < 4.78 is 67.4. The Morgan fingerprint density at radius 2 is 1.96 bits per heavy atom. The van der Waals surface area contributed by atoms with Crippen LogP contribution in [0.15, 0.2) is 24.5 Å². The number of hydrogen-bond acceptors (Lipinski definition) is 5. The van der Waals surface area contributed by atoms with Crippen molar-refractivity contribution in [2.75, 3.05) is 33.3 Å². The molecule has 1 aromatic heterocycles. The Hall–Kier alpha value is -1.23. The number of ether oxygens (including phenoxy) is 1. The van der Waals surface area contributed by atoms with E-state index in [4.69, 9.17) is 4.74 Å². The van der Waals surface area contributed by atoms with Crippen LogP contribution in [0.2, 0.25) is 0 Å². The Balaban J connectivity index is 1.55. The number of rotatable bonds is 5. The van der Waals surface area contributed by atoms with Gasteiger partial charge in [0.25, 0.3) is 0 Å². The fourth-order valence-electron chi connectivity index (χ4n) is 3.67. The van der Waals surface area contributed by atoms with E-state index in [2.05, 4.69) is 4.98 Å². The first-order valence-electron chi connectivity index (χ1n) is 8.38. The number of piperidine rings is 1. The molecule has 3 rings (SSSR count). The number of likely N-dealkylation sites (tertiary alicyclic amines) is 1. The van der Waals surface area contributed by atoms with E-state index in [-0.39, 0.29) is 19.0 Å². The van der Waals surface area contributed by atoms with Crippen LogP contribution in [0.5, 0.6) is 0 Å². The van der Waals surface area contributed by atoms with Crippen molar-refractivity contribution in [2.24, 2.45) is 5.92 Å². The SMILES string of the molecule is CN1CC[C@@H](COCc2ccncc2)CC12CN(S(=O)(=O)C(F)(F)F)C2. The molecule has 1 atom stereocenters. The van der Waals surface area contributed by atoms with Gasteiger partial charge in [-0.1, -0.05) is 0 Å². The van der Waals surface area contributed by atoms with Gasteiger partial charge in [-0.05, 0) is 50.0 Å². The summed E-state index contributed by atoms with van der Waals surface area (Å²) in [6, 6.07) is 3.73. The van der Waals surface area contributed by atoms with Crippen molar-refractivity contribution in [1.29, 1.82) is 0 Å². The molecule has 0 aliphatic carbocycles. The Labute approximate surface area is 151 Å². The lowest BCUT2D eigenvalue weighted by Gasteiger charge is -2.57. The molecule has 0 radical (unpaired) electrons. The van der Waals surface area contributed by atoms with Gasteiger partial charge in [0.05, 0.1) is 6.61 Å². The second-order valence-electron chi connectivity index (χ2n) is 7.09. The van der Waals surface area contributed by atoms with Gasteiger partial charge in [-0.2, -0.15) is 17.5 Å². The van der Waals surface area contributed by atoms with Gasteiger partial charge in [-0.3, -0.25) is 9.88 Å². The molecule has 0 N–H and O–H groups in total. The first-order chi connectivity index (χ1) is 12.1. The standard InChI is InChI=1S/C16H22F3N3O3S/c1-21-7-4-14(10-25-9-13-2-5-20-6-3-13)8-15(21)11-22(12-15)26(23,24)16(17,18)19/h2-3,5-6,14H,4,7-12H2,1H3/t14-/m1/s1. The van der Waals surface area contributed by atoms with Crippen molar-refractivity contribution in [3.63, 3.8) is 0 Å². The molecule has 3 heterocycles. The number of alkyl halides is 3. The summed E-state index contributed by atoms with van der Waals surface area (Å²) in [6.07, 6.45) is 4.88. The highest BCUT2D eigenvalue weighted by atomic mass is 32.2. The molecule has 1 aromatic rings. The molecule has 0 unspecified atom stereocenters. The van der Waals surface area contributed by atoms with Gasteiger partial charge in [0.2, 0.25) is 0 Å². The van der Waals surface area contributed by atoms with Crippen molar-refractivity contribution in [3.8, 4) is 0 Å². The van der Waals surface area contributed by atoms with E-state index in [1.165, 1.54) is 0 Å². The molecule has 2 saturated heterocycles. The van der Waals surface area contributed by atoms with E-state index >= 15 is 0 Å². The van der Waals surface area contributed by atoms with E-state index < -0.39 is 21.1 Å². The van der Waals surface area contributed by atoms with Crippen LogP contribution in [0.3, 0.4) is 0 Å². The predicted octanol–water partition coefficient (Wildman–Crippen LogP) is 1.84. The highest BCUT2D eigenvalue weighted by molar-refractivity contribution is 7.90. The molecule has 2 aliphatic rings. The lowest BCUT2D eigenvalue weighted by Crippen LogP contribution is -2.73. The van der Waals surface area contributed by atoms with E-state index in [9.17, 15) is 21.6 Å². The zero-order valence-electron chi connectivity index (χ0n) is 14.4. The number of hydrogen-bond donors (Lipinski definition) is 0. The van der Waals surface area contributed by atoms with Crippen molar-refractivity contribution >= 4 is 10.0 Å². The summed E-state index contributed by atoms with van der Waals surface area (Å²) in [4.78, 5) is 5.92. The van der Waals surface area contributed by atoms with Gasteiger partial charge in [0.1, 0.15) is 0 Å². The largest absolute Gasteiger partial charge is 0.511 e. The smallest absolute Gasteiger partial charge is 0.376 e. The van der Waals surface area contributed by atoms with Gasteiger partial charge in [0, 0.05) is 37.6 Å². The van der Waals surface area contributed by atoms with Gasteiger partial charge in [-0.15, -0.1) is 0 Å². The maximum atomic E-state index is 12.7. The third-order valence-corrected chi connectivity index (χ3v) is 6.82. The quantitative estimate of drug-likeness (QED) is 0.764. The number of likely N-dealkylation sites (N-methyl/N-ethyl adjacent to an activating group) is 1. The number of pyridine rings is 1. The van der Waals surface area contributed by atoms with Crippen molar-refractivity contribution in [1.82, 2.24) is 14.2 Å². The fraction of sp³-hybridized carbons (Fsp3) is 0.688. The summed E-state index contributed by atoms with van der Waals surface area (Å²) >= 11 is 0. The Morgan fingerprint density at radius 1 is 1.31 bits per heavy atom. The molecule has 1 spiro atoms. The maximum Gasteiger partial charge on any atom is 0.511 e. The lowest BCUT2D eigenvalue weighted by atomic mass is 9.77. The van der Waals surface area contributed by atoms with Crippen LogP contribution >= 0.6 is 0 Å². The van der Waals surface area contributed by atoms with Crippen LogP contribution in [0.25, 0.3) is 0 Å². The molecule has 2 aliphatic heterocycles. The topological polar surface area (TPSA) is 62.7 Å². The highest BCUT2D eigenvalue weighted by Gasteiger charge is 2.60. The zero-order chi connectivity index (χ0) is 19.0. The van der Waals surface area contributed by atoms with E-state index in [1.54, 1.807) is 12.4 Å². The Morgan fingerprint density at radius 3 is 2.58 bits per heavy atom. The predicted molar refractivity (Wildman–Crippen MR) is 88.5 cm³/mol. The summed E-state index contributed by atoms with van der Waals surface area (Å²) in [5, 5.41) is 0. The third-order valence-electron chi connectivity index (χ3n) is 5.30. The van der Waals surface area contributed by atoms with Gasteiger partial charge in [0.15, 0.2) is 0 Å². The average Bonchev–Trinajstić information content (AvgIpc) is 2.54. The normalized spacial score (nSPS) is 24.5. The van der Waals surface area contributed by atoms with Crippen LogP contribution in [-0.4, -0.2) is 66.9 Å². The van der Waals surface area contributed by atoms with Crippen LogP contribution < -0.4 is 0 Å². The van der Waals surface area contributed by atoms with Crippen LogP contribution in [0.4, 0.5) is 13.2 Å². The summed E-state index contributed by atoms with van der Waals surface area (Å²) in [6.45, 7) is 1.43. The van der Waals surface area contributed by atoms with Crippen LogP contribution in [0, 0.1) is 5.92 Å². The molecule has 0 bridgehead atoms. The molecule has 26 heavy (non-hydrogen) atoms. The fourth-order valence-corrected chi connectivity index (χ4v) is 4.78. The second kappa shape index (κ2) is 7.06. The first kappa shape index (κ1) is 19.5. The minimum atomic E-state index is -5.24. The van der Waals surface area contributed by atoms with Crippen molar-refractivity contribution in [3.05, 3.63) is 30.1 Å². The number of halogens is 3. The minimum absolute atomic E-state index is 0.119. The molecular weight excluding hydrogens is 371 g/mol.